The molecule has 1 atom stereocenters. The number of hydrogen-bond acceptors (Lipinski definition) is 1. The van der Waals surface area contributed by atoms with Gasteiger partial charge in [0.2, 0.25) is 0 Å². The topological polar surface area (TPSA) is 17.1 Å². The zero-order valence-corrected chi connectivity index (χ0v) is 13.2. The number of carbonyl (C=O) groups excluding carboxylic acids is 1. The molecule has 0 bridgehead atoms. The molecule has 21 heavy (non-hydrogen) atoms. The molecule has 0 aromatic heterocycles. The van der Waals surface area contributed by atoms with Gasteiger partial charge in [-0.1, -0.05) is 36.4 Å². The second-order valence-electron chi connectivity index (χ2n) is 5.52. The molecule has 0 saturated heterocycles. The van der Waals surface area contributed by atoms with Crippen LogP contribution in [0.1, 0.15) is 46.7 Å². The summed E-state index contributed by atoms with van der Waals surface area (Å²) in [6.07, 6.45) is 3.67. The first-order valence-corrected chi connectivity index (χ1v) is 8.01. The average molecular weight is 347 g/mol. The zero-order chi connectivity index (χ0) is 14.8. The standard InChI is InChI=1S/C18H16BrFO/c19-18-15(9-4-10-16(18)20)17(21)11-13-7-3-6-12-5-1-2-8-14(12)13/h1-2,4-5,8-10,13H,3,6-7,11H2. The SMILES string of the molecule is O=C(CC1CCCc2ccccc21)c1cccc(F)c1Br. The highest BCUT2D eigenvalue weighted by atomic mass is 79.9. The second kappa shape index (κ2) is 6.10. The maximum absolute atomic E-state index is 13.6. The Hall–Kier alpha value is -1.48. The van der Waals surface area contributed by atoms with Crippen molar-refractivity contribution < 1.29 is 9.18 Å². The summed E-state index contributed by atoms with van der Waals surface area (Å²) < 4.78 is 13.8. The maximum atomic E-state index is 13.6. The zero-order valence-electron chi connectivity index (χ0n) is 11.6. The summed E-state index contributed by atoms with van der Waals surface area (Å²) in [5.41, 5.74) is 3.07. The van der Waals surface area contributed by atoms with Gasteiger partial charge in [0.1, 0.15) is 5.82 Å². The minimum absolute atomic E-state index is 0.00285. The van der Waals surface area contributed by atoms with E-state index in [9.17, 15) is 9.18 Å². The van der Waals surface area contributed by atoms with Crippen molar-refractivity contribution >= 4 is 21.7 Å². The maximum Gasteiger partial charge on any atom is 0.164 e. The van der Waals surface area contributed by atoms with Crippen molar-refractivity contribution in [3.8, 4) is 0 Å². The van der Waals surface area contributed by atoms with E-state index in [1.807, 2.05) is 12.1 Å². The van der Waals surface area contributed by atoms with Crippen molar-refractivity contribution in [2.24, 2.45) is 0 Å². The van der Waals surface area contributed by atoms with Crippen LogP contribution in [0.2, 0.25) is 0 Å². The van der Waals surface area contributed by atoms with E-state index >= 15 is 0 Å². The molecular formula is C18H16BrFO. The lowest BCUT2D eigenvalue weighted by Gasteiger charge is -2.25. The number of benzene rings is 2. The lowest BCUT2D eigenvalue weighted by molar-refractivity contribution is 0.0969. The van der Waals surface area contributed by atoms with Crippen LogP contribution in [-0.4, -0.2) is 5.78 Å². The summed E-state index contributed by atoms with van der Waals surface area (Å²) in [5, 5.41) is 0. The quantitative estimate of drug-likeness (QED) is 0.691. The first-order chi connectivity index (χ1) is 10.2. The molecule has 2 aromatic rings. The van der Waals surface area contributed by atoms with E-state index < -0.39 is 0 Å². The van der Waals surface area contributed by atoms with Gasteiger partial charge >= 0.3 is 0 Å². The number of carbonyl (C=O) groups is 1. The van der Waals surface area contributed by atoms with Gasteiger partial charge in [-0.05, 0) is 58.3 Å². The molecule has 0 fully saturated rings. The fraction of sp³-hybridized carbons (Fsp3) is 0.278. The van der Waals surface area contributed by atoms with Crippen LogP contribution in [-0.2, 0) is 6.42 Å². The van der Waals surface area contributed by atoms with E-state index in [0.29, 0.717) is 12.0 Å². The third kappa shape index (κ3) is 2.93. The molecule has 0 radical (unpaired) electrons. The fourth-order valence-electron chi connectivity index (χ4n) is 3.12. The first-order valence-electron chi connectivity index (χ1n) is 7.22. The number of Topliss-reactive ketones (excluding diaryl/α,β-unsaturated/α-hetero) is 1. The van der Waals surface area contributed by atoms with Crippen LogP contribution < -0.4 is 0 Å². The Morgan fingerprint density at radius 3 is 2.86 bits per heavy atom. The fourth-order valence-corrected chi connectivity index (χ4v) is 3.60. The Bertz CT molecular complexity index is 681. The molecule has 0 spiro atoms. The highest BCUT2D eigenvalue weighted by molar-refractivity contribution is 9.10. The molecule has 1 nitrogen and oxygen atoms in total. The number of rotatable bonds is 3. The van der Waals surface area contributed by atoms with E-state index in [-0.39, 0.29) is 22.0 Å². The molecule has 2 aromatic carbocycles. The predicted molar refractivity (Wildman–Crippen MR) is 85.2 cm³/mol. The smallest absolute Gasteiger partial charge is 0.164 e. The lowest BCUT2D eigenvalue weighted by Crippen LogP contribution is -2.14. The Morgan fingerprint density at radius 1 is 1.19 bits per heavy atom. The van der Waals surface area contributed by atoms with Gasteiger partial charge in [-0.15, -0.1) is 0 Å². The van der Waals surface area contributed by atoms with Crippen LogP contribution in [0.3, 0.4) is 0 Å². The molecule has 1 aliphatic carbocycles. The van der Waals surface area contributed by atoms with Crippen molar-refractivity contribution in [1.29, 1.82) is 0 Å². The van der Waals surface area contributed by atoms with Crippen molar-refractivity contribution in [3.63, 3.8) is 0 Å². The van der Waals surface area contributed by atoms with Crippen LogP contribution in [0.4, 0.5) is 4.39 Å². The Kier molecular flexibility index (Phi) is 4.20. The van der Waals surface area contributed by atoms with E-state index in [4.69, 9.17) is 0 Å². The molecule has 0 heterocycles. The number of ketones is 1. The van der Waals surface area contributed by atoms with E-state index in [2.05, 4.69) is 28.1 Å². The molecule has 0 saturated carbocycles. The minimum Gasteiger partial charge on any atom is -0.294 e. The van der Waals surface area contributed by atoms with Crippen LogP contribution in [0.25, 0.3) is 0 Å². The third-order valence-corrected chi connectivity index (χ3v) is 4.98. The van der Waals surface area contributed by atoms with E-state index in [0.717, 1.165) is 19.3 Å². The van der Waals surface area contributed by atoms with Gasteiger partial charge in [0, 0.05) is 12.0 Å². The highest BCUT2D eigenvalue weighted by Crippen LogP contribution is 2.35. The van der Waals surface area contributed by atoms with Crippen molar-refractivity contribution in [2.75, 3.05) is 0 Å². The Balaban J connectivity index is 1.85. The van der Waals surface area contributed by atoms with Gasteiger partial charge in [-0.25, -0.2) is 4.39 Å². The van der Waals surface area contributed by atoms with E-state index in [1.54, 1.807) is 12.1 Å². The molecule has 0 N–H and O–H groups in total. The lowest BCUT2D eigenvalue weighted by atomic mass is 9.79. The minimum atomic E-state index is -0.384. The average Bonchev–Trinajstić information content (AvgIpc) is 2.50. The van der Waals surface area contributed by atoms with Crippen LogP contribution in [0.5, 0.6) is 0 Å². The van der Waals surface area contributed by atoms with Gasteiger partial charge < -0.3 is 0 Å². The number of aryl methyl sites for hydroxylation is 1. The number of hydrogen-bond donors (Lipinski definition) is 0. The summed E-state index contributed by atoms with van der Waals surface area (Å²) in [7, 11) is 0. The molecule has 0 amide bonds. The summed E-state index contributed by atoms with van der Waals surface area (Å²) in [5.74, 6) is -0.134. The Labute approximate surface area is 132 Å². The molecule has 3 rings (SSSR count). The summed E-state index contributed by atoms with van der Waals surface area (Å²) in [4.78, 5) is 12.5. The van der Waals surface area contributed by atoms with Crippen LogP contribution in [0.15, 0.2) is 46.9 Å². The molecule has 0 aliphatic heterocycles. The van der Waals surface area contributed by atoms with Crippen LogP contribution in [0, 0.1) is 5.82 Å². The molecule has 1 aliphatic rings. The second-order valence-corrected chi connectivity index (χ2v) is 6.31. The van der Waals surface area contributed by atoms with Crippen LogP contribution >= 0.6 is 15.9 Å². The van der Waals surface area contributed by atoms with Crippen molar-refractivity contribution in [3.05, 3.63) is 69.4 Å². The first kappa shape index (κ1) is 14.5. The predicted octanol–water partition coefficient (Wildman–Crippen LogP) is 5.28. The molecule has 108 valence electrons. The van der Waals surface area contributed by atoms with E-state index in [1.165, 1.54) is 17.2 Å². The third-order valence-electron chi connectivity index (χ3n) is 4.18. The van der Waals surface area contributed by atoms with Crippen molar-refractivity contribution in [2.45, 2.75) is 31.6 Å². The molecular weight excluding hydrogens is 331 g/mol. The van der Waals surface area contributed by atoms with Gasteiger partial charge in [-0.2, -0.15) is 0 Å². The highest BCUT2D eigenvalue weighted by Gasteiger charge is 2.24. The summed E-state index contributed by atoms with van der Waals surface area (Å²) in [6, 6.07) is 13.0. The largest absolute Gasteiger partial charge is 0.294 e. The Morgan fingerprint density at radius 2 is 2.00 bits per heavy atom. The van der Waals surface area contributed by atoms with Gasteiger partial charge in [0.15, 0.2) is 5.78 Å². The number of fused-ring (bicyclic) bond motifs is 1. The normalized spacial score (nSPS) is 17.3. The van der Waals surface area contributed by atoms with Crippen molar-refractivity contribution in [1.82, 2.24) is 0 Å². The van der Waals surface area contributed by atoms with Gasteiger partial charge in [0.05, 0.1) is 4.47 Å². The number of halogens is 2. The molecule has 1 unspecified atom stereocenters. The summed E-state index contributed by atoms with van der Waals surface area (Å²) in [6.45, 7) is 0. The van der Waals surface area contributed by atoms with Gasteiger partial charge in [0.25, 0.3) is 0 Å². The summed E-state index contributed by atoms with van der Waals surface area (Å²) >= 11 is 3.18. The van der Waals surface area contributed by atoms with Gasteiger partial charge in [-0.3, -0.25) is 4.79 Å². The molecule has 3 heteroatoms. The monoisotopic (exact) mass is 346 g/mol.